The van der Waals surface area contributed by atoms with Crippen LogP contribution in [0, 0.1) is 0 Å². The van der Waals surface area contributed by atoms with Crippen molar-refractivity contribution in [3.63, 3.8) is 0 Å². The maximum absolute atomic E-state index is 11.4. The molecule has 7 heteroatoms. The fourth-order valence-corrected chi connectivity index (χ4v) is 1.87. The zero-order valence-electron chi connectivity index (χ0n) is 8.75. The van der Waals surface area contributed by atoms with E-state index in [-0.39, 0.29) is 6.42 Å². The number of hydrogen-bond donors (Lipinski definition) is 3. The number of carboxylic acids is 2. The first-order valence-electron chi connectivity index (χ1n) is 4.74. The molecule has 6 nitrogen and oxygen atoms in total. The molecule has 3 N–H and O–H groups in total. The van der Waals surface area contributed by atoms with Crippen molar-refractivity contribution in [3.8, 4) is 0 Å². The van der Waals surface area contributed by atoms with E-state index in [0.29, 0.717) is 0 Å². The first-order valence-corrected chi connectivity index (χ1v) is 5.68. The van der Waals surface area contributed by atoms with E-state index in [0.717, 1.165) is 5.56 Å². The van der Waals surface area contributed by atoms with E-state index in [9.17, 15) is 14.4 Å². The van der Waals surface area contributed by atoms with Crippen LogP contribution in [-0.4, -0.2) is 34.1 Å². The SMILES string of the molecule is O=C(O)C[C@@H](NC(=O)Cc1ccsc1)C(=O)O. The molecule has 0 aliphatic carbocycles. The predicted molar refractivity (Wildman–Crippen MR) is 59.8 cm³/mol. The van der Waals surface area contributed by atoms with Gasteiger partial charge in [0.15, 0.2) is 0 Å². The molecule has 1 rings (SSSR count). The molecule has 0 radical (unpaired) electrons. The molecular formula is C10H11NO5S. The molecule has 1 atom stereocenters. The average molecular weight is 257 g/mol. The van der Waals surface area contributed by atoms with Crippen LogP contribution in [0.2, 0.25) is 0 Å². The van der Waals surface area contributed by atoms with E-state index in [1.54, 1.807) is 16.8 Å². The minimum absolute atomic E-state index is 0.0485. The Morgan fingerprint density at radius 3 is 2.53 bits per heavy atom. The fourth-order valence-electron chi connectivity index (χ4n) is 1.20. The lowest BCUT2D eigenvalue weighted by atomic mass is 10.2. The summed E-state index contributed by atoms with van der Waals surface area (Å²) in [5.41, 5.74) is 0.770. The molecule has 17 heavy (non-hydrogen) atoms. The number of amides is 1. The summed E-state index contributed by atoms with van der Waals surface area (Å²) in [6.07, 6.45) is -0.586. The van der Waals surface area contributed by atoms with Gasteiger partial charge in [-0.1, -0.05) is 0 Å². The first kappa shape index (κ1) is 13.2. The van der Waals surface area contributed by atoms with Crippen molar-refractivity contribution in [2.24, 2.45) is 0 Å². The number of rotatable bonds is 6. The van der Waals surface area contributed by atoms with E-state index in [1.165, 1.54) is 11.3 Å². The third kappa shape index (κ3) is 4.64. The molecular weight excluding hydrogens is 246 g/mol. The lowest BCUT2D eigenvalue weighted by Crippen LogP contribution is -2.42. The standard InChI is InChI=1S/C10H11NO5S/c12-8(3-6-1-2-17-5-6)11-7(10(15)16)4-9(13)14/h1-2,5,7H,3-4H2,(H,11,12)(H,13,14)(H,15,16)/t7-/m1/s1. The summed E-state index contributed by atoms with van der Waals surface area (Å²) < 4.78 is 0. The van der Waals surface area contributed by atoms with Crippen LogP contribution in [0.4, 0.5) is 0 Å². The highest BCUT2D eigenvalue weighted by molar-refractivity contribution is 7.07. The van der Waals surface area contributed by atoms with E-state index in [4.69, 9.17) is 10.2 Å². The van der Waals surface area contributed by atoms with Gasteiger partial charge in [-0.3, -0.25) is 9.59 Å². The van der Waals surface area contributed by atoms with Gasteiger partial charge in [-0.15, -0.1) is 0 Å². The highest BCUT2D eigenvalue weighted by Gasteiger charge is 2.22. The van der Waals surface area contributed by atoms with Gasteiger partial charge in [-0.2, -0.15) is 11.3 Å². The monoisotopic (exact) mass is 257 g/mol. The number of carbonyl (C=O) groups excluding carboxylic acids is 1. The molecule has 0 fully saturated rings. The molecule has 1 heterocycles. The molecule has 1 aromatic rings. The molecule has 0 bridgehead atoms. The zero-order chi connectivity index (χ0) is 12.8. The summed E-state index contributed by atoms with van der Waals surface area (Å²) in [7, 11) is 0. The molecule has 0 aromatic carbocycles. The van der Waals surface area contributed by atoms with Crippen LogP contribution < -0.4 is 5.32 Å². The Bertz CT molecular complexity index is 414. The van der Waals surface area contributed by atoms with Crippen molar-refractivity contribution >= 4 is 29.2 Å². The zero-order valence-corrected chi connectivity index (χ0v) is 9.57. The second-order valence-corrected chi connectivity index (χ2v) is 4.14. The molecule has 92 valence electrons. The molecule has 1 amide bonds. The lowest BCUT2D eigenvalue weighted by Gasteiger charge is -2.11. The van der Waals surface area contributed by atoms with Crippen LogP contribution in [-0.2, 0) is 20.8 Å². The maximum Gasteiger partial charge on any atom is 0.326 e. The topological polar surface area (TPSA) is 104 Å². The summed E-state index contributed by atoms with van der Waals surface area (Å²) in [4.78, 5) is 32.5. The number of nitrogens with one attached hydrogen (secondary N) is 1. The molecule has 0 aliphatic heterocycles. The molecule has 0 aliphatic rings. The maximum atomic E-state index is 11.4. The van der Waals surface area contributed by atoms with Crippen LogP contribution in [0.5, 0.6) is 0 Å². The largest absolute Gasteiger partial charge is 0.481 e. The van der Waals surface area contributed by atoms with Gasteiger partial charge in [0.25, 0.3) is 0 Å². The molecule has 0 saturated heterocycles. The van der Waals surface area contributed by atoms with Crippen molar-refractivity contribution in [1.29, 1.82) is 0 Å². The van der Waals surface area contributed by atoms with Gasteiger partial charge in [0.05, 0.1) is 12.8 Å². The van der Waals surface area contributed by atoms with Crippen LogP contribution >= 0.6 is 11.3 Å². The molecule has 1 aromatic heterocycles. The summed E-state index contributed by atoms with van der Waals surface area (Å²) in [5, 5.41) is 23.0. The van der Waals surface area contributed by atoms with Crippen molar-refractivity contribution < 1.29 is 24.6 Å². The van der Waals surface area contributed by atoms with E-state index in [2.05, 4.69) is 5.32 Å². The van der Waals surface area contributed by atoms with Crippen LogP contribution in [0.3, 0.4) is 0 Å². The van der Waals surface area contributed by atoms with E-state index < -0.39 is 30.3 Å². The Morgan fingerprint density at radius 2 is 2.06 bits per heavy atom. The summed E-state index contributed by atoms with van der Waals surface area (Å²) in [5.74, 6) is -3.13. The number of carbonyl (C=O) groups is 3. The molecule has 0 saturated carbocycles. The van der Waals surface area contributed by atoms with E-state index in [1.807, 2.05) is 0 Å². The minimum Gasteiger partial charge on any atom is -0.481 e. The van der Waals surface area contributed by atoms with Gasteiger partial charge < -0.3 is 15.5 Å². The van der Waals surface area contributed by atoms with Crippen molar-refractivity contribution in [2.45, 2.75) is 18.9 Å². The fraction of sp³-hybridized carbons (Fsp3) is 0.300. The number of hydrogen-bond acceptors (Lipinski definition) is 4. The Morgan fingerprint density at radius 1 is 1.35 bits per heavy atom. The summed E-state index contributed by atoms with van der Waals surface area (Å²) in [6.45, 7) is 0. The Labute approximate surface area is 101 Å². The third-order valence-electron chi connectivity index (χ3n) is 1.96. The van der Waals surface area contributed by atoms with Gasteiger partial charge in [-0.05, 0) is 22.4 Å². The van der Waals surface area contributed by atoms with Crippen molar-refractivity contribution in [3.05, 3.63) is 22.4 Å². The lowest BCUT2D eigenvalue weighted by molar-refractivity contribution is -0.147. The second-order valence-electron chi connectivity index (χ2n) is 3.36. The van der Waals surface area contributed by atoms with Crippen LogP contribution in [0.1, 0.15) is 12.0 Å². The number of carboxylic acid groups (broad SMARTS) is 2. The second kappa shape index (κ2) is 6.00. The highest BCUT2D eigenvalue weighted by Crippen LogP contribution is 2.06. The van der Waals surface area contributed by atoms with Crippen molar-refractivity contribution in [2.75, 3.05) is 0 Å². The average Bonchev–Trinajstić information content (AvgIpc) is 2.68. The van der Waals surface area contributed by atoms with Gasteiger partial charge in [0.1, 0.15) is 6.04 Å². The smallest absolute Gasteiger partial charge is 0.326 e. The van der Waals surface area contributed by atoms with E-state index >= 15 is 0 Å². The predicted octanol–water partition coefficient (Wildman–Crippen LogP) is 0.335. The molecule has 0 spiro atoms. The van der Waals surface area contributed by atoms with Crippen molar-refractivity contribution in [1.82, 2.24) is 5.32 Å². The van der Waals surface area contributed by atoms with Crippen LogP contribution in [0.15, 0.2) is 16.8 Å². The summed E-state index contributed by atoms with van der Waals surface area (Å²) >= 11 is 1.43. The minimum atomic E-state index is -1.39. The normalized spacial score (nSPS) is 11.8. The Kier molecular flexibility index (Phi) is 4.65. The van der Waals surface area contributed by atoms with Gasteiger partial charge in [0.2, 0.25) is 5.91 Å². The quantitative estimate of drug-likeness (QED) is 0.681. The van der Waals surface area contributed by atoms with Crippen LogP contribution in [0.25, 0.3) is 0 Å². The number of thiophene rings is 1. The Balaban J connectivity index is 2.52. The van der Waals surface area contributed by atoms with Gasteiger partial charge in [-0.25, -0.2) is 4.79 Å². The van der Waals surface area contributed by atoms with Gasteiger partial charge in [0, 0.05) is 0 Å². The first-order chi connectivity index (χ1) is 7.99. The molecule has 0 unspecified atom stereocenters. The Hall–Kier alpha value is -1.89. The number of aliphatic carboxylic acids is 2. The highest BCUT2D eigenvalue weighted by atomic mass is 32.1. The third-order valence-corrected chi connectivity index (χ3v) is 2.69. The van der Waals surface area contributed by atoms with Gasteiger partial charge >= 0.3 is 11.9 Å². The summed E-state index contributed by atoms with van der Waals surface area (Å²) in [6, 6.07) is 0.357.